The Balaban J connectivity index is 2.28. The highest BCUT2D eigenvalue weighted by molar-refractivity contribution is 7.88. The first-order valence-electron chi connectivity index (χ1n) is 9.64. The zero-order valence-corrected chi connectivity index (χ0v) is 18.4. The smallest absolute Gasteiger partial charge is 0.497 e. The van der Waals surface area contributed by atoms with Crippen molar-refractivity contribution < 1.29 is 44.8 Å². The lowest BCUT2D eigenvalue weighted by Crippen LogP contribution is -2.38. The van der Waals surface area contributed by atoms with E-state index in [1.165, 1.54) is 26.2 Å². The molecule has 0 N–H and O–H groups in total. The number of methoxy groups -OCH3 is 1. The molecule has 1 saturated heterocycles. The molecule has 0 aliphatic carbocycles. The van der Waals surface area contributed by atoms with Gasteiger partial charge in [0.05, 0.1) is 32.6 Å². The van der Waals surface area contributed by atoms with Crippen LogP contribution in [0.5, 0.6) is 11.6 Å². The van der Waals surface area contributed by atoms with Crippen LogP contribution in [0.15, 0.2) is 24.3 Å². The van der Waals surface area contributed by atoms with Crippen LogP contribution < -0.4 is 13.8 Å². The number of ether oxygens (including phenoxy) is 3. The molecule has 33 heavy (non-hydrogen) atoms. The van der Waals surface area contributed by atoms with Crippen LogP contribution in [0.1, 0.15) is 17.3 Å². The molecule has 0 radical (unpaired) electrons. The van der Waals surface area contributed by atoms with Gasteiger partial charge in [0, 0.05) is 18.7 Å². The van der Waals surface area contributed by atoms with E-state index in [2.05, 4.69) is 14.2 Å². The predicted molar refractivity (Wildman–Crippen MR) is 109 cm³/mol. The summed E-state index contributed by atoms with van der Waals surface area (Å²) in [4.78, 5) is 22.5. The van der Waals surface area contributed by atoms with Crippen molar-refractivity contribution in [2.75, 3.05) is 44.9 Å². The number of carbonyl (C=O) groups is 1. The van der Waals surface area contributed by atoms with Crippen LogP contribution in [-0.2, 0) is 19.6 Å². The summed E-state index contributed by atoms with van der Waals surface area (Å²) in [5.41, 5.74) is -6.37. The van der Waals surface area contributed by atoms with Crippen molar-refractivity contribution in [3.63, 3.8) is 0 Å². The van der Waals surface area contributed by atoms with E-state index < -0.39 is 33.0 Å². The summed E-state index contributed by atoms with van der Waals surface area (Å²) < 4.78 is 82.4. The van der Waals surface area contributed by atoms with Gasteiger partial charge < -0.3 is 23.3 Å². The fraction of sp³-hybridized carbons (Fsp3) is 0.421. The molecule has 1 aliphatic rings. The van der Waals surface area contributed by atoms with E-state index in [-0.39, 0.29) is 50.1 Å². The standard InChI is InChI=1S/C19H20F3N3O7S/c1-3-31-17(26)14-15(12-5-4-6-13(11-12)29-2)23-18(25-7-9-30-10-8-25)24-16(14)32-33(27,28)19(20,21)22/h4-6,11H,3,7-10H2,1-2H3. The summed E-state index contributed by atoms with van der Waals surface area (Å²) in [5, 5.41) is 0. The van der Waals surface area contributed by atoms with Crippen LogP contribution in [0.4, 0.5) is 19.1 Å². The number of morpholine rings is 1. The van der Waals surface area contributed by atoms with E-state index in [9.17, 15) is 26.4 Å². The molecule has 0 saturated carbocycles. The van der Waals surface area contributed by atoms with Gasteiger partial charge in [0.2, 0.25) is 5.95 Å². The van der Waals surface area contributed by atoms with E-state index in [1.807, 2.05) is 0 Å². The van der Waals surface area contributed by atoms with Gasteiger partial charge in [0.15, 0.2) is 0 Å². The molecule has 1 fully saturated rings. The first kappa shape index (κ1) is 24.5. The number of benzene rings is 1. The van der Waals surface area contributed by atoms with Crippen LogP contribution in [0, 0.1) is 0 Å². The second-order valence-corrected chi connectivity index (χ2v) is 8.13. The van der Waals surface area contributed by atoms with Gasteiger partial charge in [-0.15, -0.1) is 0 Å². The molecule has 1 aromatic carbocycles. The van der Waals surface area contributed by atoms with Crippen LogP contribution in [0.25, 0.3) is 11.3 Å². The number of anilines is 1. The molecular formula is C19H20F3N3O7S. The molecule has 0 spiro atoms. The first-order chi connectivity index (χ1) is 15.6. The van der Waals surface area contributed by atoms with Crippen molar-refractivity contribution in [3.05, 3.63) is 29.8 Å². The molecule has 3 rings (SSSR count). The number of halogens is 3. The maximum Gasteiger partial charge on any atom is 0.534 e. The average Bonchev–Trinajstić information content (AvgIpc) is 2.78. The van der Waals surface area contributed by atoms with Crippen molar-refractivity contribution in [2.24, 2.45) is 0 Å². The van der Waals surface area contributed by atoms with E-state index in [4.69, 9.17) is 14.2 Å². The topological polar surface area (TPSA) is 117 Å². The lowest BCUT2D eigenvalue weighted by molar-refractivity contribution is -0.0502. The Morgan fingerprint density at radius 1 is 1.21 bits per heavy atom. The Hall–Kier alpha value is -3.13. The molecule has 180 valence electrons. The van der Waals surface area contributed by atoms with Gasteiger partial charge in [-0.25, -0.2) is 9.78 Å². The minimum Gasteiger partial charge on any atom is -0.497 e. The van der Waals surface area contributed by atoms with Gasteiger partial charge in [-0.2, -0.15) is 26.6 Å². The molecule has 1 aromatic heterocycles. The van der Waals surface area contributed by atoms with Crippen molar-refractivity contribution in [3.8, 4) is 22.9 Å². The van der Waals surface area contributed by atoms with Gasteiger partial charge in [-0.1, -0.05) is 12.1 Å². The van der Waals surface area contributed by atoms with E-state index in [0.29, 0.717) is 5.75 Å². The minimum absolute atomic E-state index is 0.142. The Bertz CT molecular complexity index is 1120. The minimum atomic E-state index is -6.15. The Kier molecular flexibility index (Phi) is 7.27. The predicted octanol–water partition coefficient (Wildman–Crippen LogP) is 2.39. The molecule has 0 atom stereocenters. The number of nitrogens with zero attached hydrogens (tertiary/aromatic N) is 3. The fourth-order valence-electron chi connectivity index (χ4n) is 2.91. The molecule has 2 aromatic rings. The maximum absolute atomic E-state index is 13.1. The SMILES string of the molecule is CCOC(=O)c1c(OS(=O)(=O)C(F)(F)F)nc(N2CCOCC2)nc1-c1cccc(OC)c1. The Labute approximate surface area is 187 Å². The lowest BCUT2D eigenvalue weighted by atomic mass is 10.1. The summed E-state index contributed by atoms with van der Waals surface area (Å²) in [7, 11) is -4.75. The zero-order valence-electron chi connectivity index (χ0n) is 17.6. The Morgan fingerprint density at radius 2 is 1.91 bits per heavy atom. The summed E-state index contributed by atoms with van der Waals surface area (Å²) >= 11 is 0. The van der Waals surface area contributed by atoms with E-state index in [1.54, 1.807) is 17.0 Å². The van der Waals surface area contributed by atoms with Gasteiger partial charge in [-0.05, 0) is 19.1 Å². The lowest BCUT2D eigenvalue weighted by Gasteiger charge is -2.27. The maximum atomic E-state index is 13.1. The van der Waals surface area contributed by atoms with Gasteiger partial charge in [0.1, 0.15) is 11.3 Å². The number of hydrogen-bond acceptors (Lipinski definition) is 10. The third-order valence-corrected chi connectivity index (χ3v) is 5.40. The average molecular weight is 491 g/mol. The molecule has 0 unspecified atom stereocenters. The zero-order chi connectivity index (χ0) is 24.2. The van der Waals surface area contributed by atoms with Crippen molar-refractivity contribution in [1.29, 1.82) is 0 Å². The van der Waals surface area contributed by atoms with Crippen LogP contribution in [0.3, 0.4) is 0 Å². The van der Waals surface area contributed by atoms with Gasteiger partial charge >= 0.3 is 21.6 Å². The summed E-state index contributed by atoms with van der Waals surface area (Å²) in [6.07, 6.45) is 0. The third kappa shape index (κ3) is 5.45. The van der Waals surface area contributed by atoms with Crippen molar-refractivity contribution in [2.45, 2.75) is 12.4 Å². The molecule has 14 heteroatoms. The van der Waals surface area contributed by atoms with Crippen molar-refractivity contribution >= 4 is 22.0 Å². The van der Waals surface area contributed by atoms with Crippen LogP contribution in [0.2, 0.25) is 0 Å². The largest absolute Gasteiger partial charge is 0.534 e. The highest BCUT2D eigenvalue weighted by Gasteiger charge is 2.49. The summed E-state index contributed by atoms with van der Waals surface area (Å²) in [5.74, 6) is -2.04. The monoisotopic (exact) mass is 491 g/mol. The van der Waals surface area contributed by atoms with E-state index >= 15 is 0 Å². The quantitative estimate of drug-likeness (QED) is 0.325. The number of rotatable bonds is 7. The molecule has 1 aliphatic heterocycles. The van der Waals surface area contributed by atoms with Crippen molar-refractivity contribution in [1.82, 2.24) is 9.97 Å². The molecule has 2 heterocycles. The van der Waals surface area contributed by atoms with Crippen LogP contribution in [-0.4, -0.2) is 69.9 Å². The van der Waals surface area contributed by atoms with Gasteiger partial charge in [0.25, 0.3) is 5.88 Å². The summed E-state index contributed by atoms with van der Waals surface area (Å²) in [6.45, 7) is 2.46. The highest BCUT2D eigenvalue weighted by Crippen LogP contribution is 2.35. The number of aromatic nitrogens is 2. The molecular weight excluding hydrogens is 471 g/mol. The number of esters is 1. The van der Waals surface area contributed by atoms with Crippen LogP contribution >= 0.6 is 0 Å². The molecule has 0 amide bonds. The second-order valence-electron chi connectivity index (χ2n) is 6.59. The second kappa shape index (κ2) is 9.79. The number of hydrogen-bond donors (Lipinski definition) is 0. The molecule has 10 nitrogen and oxygen atoms in total. The fourth-order valence-corrected chi connectivity index (χ4v) is 3.33. The first-order valence-corrected chi connectivity index (χ1v) is 11.0. The highest BCUT2D eigenvalue weighted by atomic mass is 32.2. The normalized spacial score (nSPS) is 14.6. The van der Waals surface area contributed by atoms with Gasteiger partial charge in [-0.3, -0.25) is 0 Å². The third-order valence-electron chi connectivity index (χ3n) is 4.45. The molecule has 0 bridgehead atoms. The number of alkyl halides is 3. The number of carbonyl (C=O) groups excluding carboxylic acids is 1. The summed E-state index contributed by atoms with van der Waals surface area (Å²) in [6, 6.07) is 6.14. The van der Waals surface area contributed by atoms with E-state index in [0.717, 1.165) is 0 Å². The Morgan fingerprint density at radius 3 is 2.52 bits per heavy atom.